The first-order chi connectivity index (χ1) is 16.3. The van der Waals surface area contributed by atoms with Gasteiger partial charge in [0, 0.05) is 6.54 Å². The monoisotopic (exact) mass is 472 g/mol. The van der Waals surface area contributed by atoms with Crippen LogP contribution in [0.1, 0.15) is 78.1 Å². The van der Waals surface area contributed by atoms with E-state index in [1.165, 1.54) is 31.9 Å². The van der Waals surface area contributed by atoms with Gasteiger partial charge in [0.2, 0.25) is 0 Å². The van der Waals surface area contributed by atoms with Gasteiger partial charge >= 0.3 is 5.97 Å². The topological polar surface area (TPSA) is 88.4 Å². The van der Waals surface area contributed by atoms with E-state index >= 15 is 0 Å². The van der Waals surface area contributed by atoms with Gasteiger partial charge in [0.05, 0.1) is 18.9 Å². The molecule has 4 fully saturated rings. The van der Waals surface area contributed by atoms with E-state index in [1.807, 2.05) is 0 Å². The highest BCUT2D eigenvalue weighted by Gasteiger charge is 2.58. The molecule has 7 atom stereocenters. The number of likely N-dealkylation sites (tertiary alicyclic amines) is 1. The maximum absolute atomic E-state index is 12.6. The van der Waals surface area contributed by atoms with Crippen molar-refractivity contribution in [2.75, 3.05) is 20.3 Å². The lowest BCUT2D eigenvalue weighted by Gasteiger charge is -2.57. The summed E-state index contributed by atoms with van der Waals surface area (Å²) < 4.78 is 4.82. The maximum atomic E-state index is 12.6. The fraction of sp³-hybridized carbons (Fsp3) is 0.815. The van der Waals surface area contributed by atoms with Gasteiger partial charge in [-0.2, -0.15) is 0 Å². The van der Waals surface area contributed by atoms with Gasteiger partial charge in [0.15, 0.2) is 6.61 Å². The lowest BCUT2D eigenvalue weighted by Crippen LogP contribution is -2.51. The molecule has 1 amide bonds. The van der Waals surface area contributed by atoms with Crippen molar-refractivity contribution in [3.05, 3.63) is 11.6 Å². The Morgan fingerprint density at radius 2 is 1.94 bits per heavy atom. The number of hydrogen-bond acceptors (Lipinski definition) is 6. The Labute approximate surface area is 202 Å². The number of carbonyl (C=O) groups is 2. The summed E-state index contributed by atoms with van der Waals surface area (Å²) in [5, 5.41) is 15.0. The Hall–Kier alpha value is -1.89. The number of carbonyl (C=O) groups excluding carboxylic acids is 2. The number of ether oxygens (including phenoxy) is 1. The third-order valence-corrected chi connectivity index (χ3v) is 10.3. The number of nitrogens with zero attached hydrogens (tertiary/aromatic N) is 2. The van der Waals surface area contributed by atoms with Crippen molar-refractivity contribution in [1.29, 1.82) is 0 Å². The summed E-state index contributed by atoms with van der Waals surface area (Å²) in [7, 11) is 1.35. The number of hydrogen-bond donors (Lipinski definition) is 1. The lowest BCUT2D eigenvalue weighted by atomic mass is 9.47. The molecule has 1 aliphatic heterocycles. The average Bonchev–Trinajstić information content (AvgIpc) is 3.43. The van der Waals surface area contributed by atoms with E-state index in [0.29, 0.717) is 30.7 Å². The number of rotatable bonds is 4. The fourth-order valence-electron chi connectivity index (χ4n) is 8.32. The SMILES string of the molecule is COC(=O)[C@H]1CCCN1C(=O)CO/N=C1/C=C2CC[C@H]3[C@@H]4CC[C@@H](O)[C@@]4(C)CC[C@@H]3[C@@]2(C)CC1. The molecular weight excluding hydrogens is 432 g/mol. The van der Waals surface area contributed by atoms with Crippen molar-refractivity contribution in [3.8, 4) is 0 Å². The van der Waals surface area contributed by atoms with Crippen LogP contribution < -0.4 is 0 Å². The number of aliphatic hydroxyl groups excluding tert-OH is 1. The van der Waals surface area contributed by atoms with E-state index < -0.39 is 6.04 Å². The van der Waals surface area contributed by atoms with Crippen LogP contribution in [0.5, 0.6) is 0 Å². The van der Waals surface area contributed by atoms with Crippen molar-refractivity contribution >= 4 is 17.6 Å². The summed E-state index contributed by atoms with van der Waals surface area (Å²) in [5.74, 6) is 1.48. The third-order valence-electron chi connectivity index (χ3n) is 10.3. The molecule has 34 heavy (non-hydrogen) atoms. The minimum absolute atomic E-state index is 0.114. The quantitative estimate of drug-likeness (QED) is 0.496. The van der Waals surface area contributed by atoms with Crippen LogP contribution >= 0.6 is 0 Å². The first-order valence-corrected chi connectivity index (χ1v) is 13.2. The molecule has 0 spiro atoms. The zero-order chi connectivity index (χ0) is 24.1. The van der Waals surface area contributed by atoms with Gasteiger partial charge in [-0.15, -0.1) is 0 Å². The van der Waals surface area contributed by atoms with Gasteiger partial charge < -0.3 is 19.6 Å². The van der Waals surface area contributed by atoms with Gasteiger partial charge in [0.1, 0.15) is 6.04 Å². The minimum atomic E-state index is -0.500. The van der Waals surface area contributed by atoms with Crippen LogP contribution in [0.15, 0.2) is 16.8 Å². The summed E-state index contributed by atoms with van der Waals surface area (Å²) in [6.07, 6.45) is 12.2. The number of amides is 1. The number of fused-ring (bicyclic) bond motifs is 5. The zero-order valence-electron chi connectivity index (χ0n) is 20.9. The third kappa shape index (κ3) is 3.78. The summed E-state index contributed by atoms with van der Waals surface area (Å²) in [4.78, 5) is 31.5. The Kier molecular flexibility index (Phi) is 6.28. The van der Waals surface area contributed by atoms with Crippen molar-refractivity contribution in [1.82, 2.24) is 4.90 Å². The molecule has 7 heteroatoms. The molecular formula is C27H40N2O5. The Morgan fingerprint density at radius 3 is 2.74 bits per heavy atom. The van der Waals surface area contributed by atoms with E-state index in [9.17, 15) is 14.7 Å². The Balaban J connectivity index is 1.23. The van der Waals surface area contributed by atoms with Crippen LogP contribution in [-0.2, 0) is 19.2 Å². The normalized spacial score (nSPS) is 42.5. The molecule has 0 radical (unpaired) electrons. The van der Waals surface area contributed by atoms with E-state index in [2.05, 4.69) is 25.1 Å². The van der Waals surface area contributed by atoms with Gasteiger partial charge in [-0.3, -0.25) is 4.79 Å². The van der Waals surface area contributed by atoms with Crippen molar-refractivity contribution in [3.63, 3.8) is 0 Å². The van der Waals surface area contributed by atoms with Crippen molar-refractivity contribution < 1.29 is 24.3 Å². The van der Waals surface area contributed by atoms with Crippen LogP contribution in [0.25, 0.3) is 0 Å². The smallest absolute Gasteiger partial charge is 0.328 e. The molecule has 0 aromatic carbocycles. The molecule has 5 rings (SSSR count). The molecule has 1 saturated heterocycles. The van der Waals surface area contributed by atoms with Gasteiger partial charge in [-0.1, -0.05) is 24.6 Å². The number of oxime groups is 1. The first-order valence-electron chi connectivity index (χ1n) is 13.2. The second kappa shape index (κ2) is 8.96. The Morgan fingerprint density at radius 1 is 1.12 bits per heavy atom. The van der Waals surface area contributed by atoms with Crippen LogP contribution in [0.3, 0.4) is 0 Å². The van der Waals surface area contributed by atoms with Gasteiger partial charge in [-0.05, 0) is 98.9 Å². The second-order valence-corrected chi connectivity index (χ2v) is 11.8. The highest BCUT2D eigenvalue weighted by atomic mass is 16.6. The summed E-state index contributed by atoms with van der Waals surface area (Å²) in [6, 6.07) is -0.500. The van der Waals surface area contributed by atoms with E-state index in [4.69, 9.17) is 9.57 Å². The van der Waals surface area contributed by atoms with E-state index in [1.54, 1.807) is 4.90 Å². The number of allylic oxidation sites excluding steroid dienone is 2. The summed E-state index contributed by atoms with van der Waals surface area (Å²) in [6.45, 7) is 5.19. The first kappa shape index (κ1) is 23.8. The average molecular weight is 473 g/mol. The predicted molar refractivity (Wildman–Crippen MR) is 128 cm³/mol. The molecule has 0 aromatic heterocycles. The largest absolute Gasteiger partial charge is 0.467 e. The molecule has 1 heterocycles. The summed E-state index contributed by atoms with van der Waals surface area (Å²) >= 11 is 0. The van der Waals surface area contributed by atoms with Crippen LogP contribution in [0.2, 0.25) is 0 Å². The number of esters is 1. The molecule has 5 aliphatic rings. The van der Waals surface area contributed by atoms with Gasteiger partial charge in [0.25, 0.3) is 5.91 Å². The molecule has 0 bridgehead atoms. The van der Waals surface area contributed by atoms with Crippen molar-refractivity contribution in [2.45, 2.75) is 90.2 Å². The van der Waals surface area contributed by atoms with Gasteiger partial charge in [-0.25, -0.2) is 4.79 Å². The predicted octanol–water partition coefficient (Wildman–Crippen LogP) is 3.85. The molecule has 1 N–H and O–H groups in total. The minimum Gasteiger partial charge on any atom is -0.467 e. The highest BCUT2D eigenvalue weighted by molar-refractivity contribution is 5.96. The molecule has 3 saturated carbocycles. The molecule has 4 aliphatic carbocycles. The van der Waals surface area contributed by atoms with Crippen LogP contribution in [0, 0.1) is 28.6 Å². The van der Waals surface area contributed by atoms with Crippen LogP contribution in [-0.4, -0.2) is 60.0 Å². The maximum Gasteiger partial charge on any atom is 0.328 e. The standard InChI is InChI=1S/C27H40N2O5/c1-26-12-10-18(28-34-16-24(31)29-14-4-5-22(29)25(32)33-3)15-17(26)6-7-19-20-8-9-23(30)27(20,2)13-11-21(19)26/h15,19-23,30H,4-14,16H2,1-3H3/b28-18+/t19-,20-,21-,22+,23+,26-,27-/m0/s1. The van der Waals surface area contributed by atoms with Crippen molar-refractivity contribution in [2.24, 2.45) is 33.7 Å². The lowest BCUT2D eigenvalue weighted by molar-refractivity contribution is -0.152. The summed E-state index contributed by atoms with van der Waals surface area (Å²) in [5.41, 5.74) is 2.72. The zero-order valence-corrected chi connectivity index (χ0v) is 20.9. The number of methoxy groups -OCH3 is 1. The molecule has 188 valence electrons. The van der Waals surface area contributed by atoms with E-state index in [-0.39, 0.29) is 35.4 Å². The molecule has 7 nitrogen and oxygen atoms in total. The highest BCUT2D eigenvalue weighted by Crippen LogP contribution is 2.65. The molecule has 0 unspecified atom stereocenters. The Bertz CT molecular complexity index is 899. The fourth-order valence-corrected chi connectivity index (χ4v) is 8.32. The van der Waals surface area contributed by atoms with Crippen LogP contribution in [0.4, 0.5) is 0 Å². The number of aliphatic hydroxyl groups is 1. The second-order valence-electron chi connectivity index (χ2n) is 11.8. The van der Waals surface area contributed by atoms with E-state index in [0.717, 1.165) is 44.2 Å². The molecule has 0 aromatic rings.